The third kappa shape index (κ3) is 5.26. The van der Waals surface area contributed by atoms with E-state index in [0.29, 0.717) is 35.2 Å². The molecule has 0 saturated heterocycles. The summed E-state index contributed by atoms with van der Waals surface area (Å²) in [5.41, 5.74) is 1.75. The number of rotatable bonds is 6. The summed E-state index contributed by atoms with van der Waals surface area (Å²) in [6.07, 6.45) is 12.0. The number of fused-ring (bicyclic) bond motifs is 1. The van der Waals surface area contributed by atoms with Gasteiger partial charge in [-0.05, 0) is 75.5 Å². The number of Topliss-reactive ketones (excluding diaryl/α,β-unsaturated/α-hetero) is 1. The van der Waals surface area contributed by atoms with Crippen LogP contribution in [0.25, 0.3) is 0 Å². The van der Waals surface area contributed by atoms with E-state index in [2.05, 4.69) is 19.9 Å². The zero-order valence-electron chi connectivity index (χ0n) is 19.4. The molecule has 0 spiro atoms. The molecular weight excluding hydrogens is 376 g/mol. The van der Waals surface area contributed by atoms with Gasteiger partial charge in [-0.1, -0.05) is 44.4 Å². The SMILES string of the molecule is CC(CCCC(C)(C)O)C1CC[C@H]2/C(=C/C=C3/C[C@@H](O)C[C@H](O)C3=O)CCC[C@]12C. The molecule has 170 valence electrons. The number of aliphatic hydroxyl groups is 3. The standard InChI is InChI=1S/C26H42O4/c1-17(7-5-13-25(2,3)30)21-11-12-22-18(8-6-14-26(21,22)4)9-10-19-15-20(27)16-23(28)24(19)29/h9-10,17,20-23,27-28,30H,5-8,11-16H2,1-4H3/b18-9+,19-10-/t17?,20-,21?,22+,23+,26-/m1/s1. The molecule has 3 N–H and O–H groups in total. The van der Waals surface area contributed by atoms with Gasteiger partial charge < -0.3 is 15.3 Å². The number of hydrogen-bond donors (Lipinski definition) is 3. The van der Waals surface area contributed by atoms with Crippen molar-refractivity contribution in [2.24, 2.45) is 23.2 Å². The van der Waals surface area contributed by atoms with Crippen LogP contribution in [0.5, 0.6) is 0 Å². The molecule has 6 atom stereocenters. The van der Waals surface area contributed by atoms with Crippen LogP contribution in [0.3, 0.4) is 0 Å². The van der Waals surface area contributed by atoms with E-state index in [1.165, 1.54) is 37.7 Å². The van der Waals surface area contributed by atoms with Gasteiger partial charge in [0.05, 0.1) is 11.7 Å². The van der Waals surface area contributed by atoms with Gasteiger partial charge in [-0.3, -0.25) is 4.79 Å². The molecule has 0 heterocycles. The van der Waals surface area contributed by atoms with E-state index >= 15 is 0 Å². The van der Waals surface area contributed by atoms with Gasteiger partial charge >= 0.3 is 0 Å². The molecule has 0 aromatic carbocycles. The van der Waals surface area contributed by atoms with E-state index in [4.69, 9.17) is 0 Å². The molecule has 0 aromatic heterocycles. The fourth-order valence-corrected chi connectivity index (χ4v) is 6.65. The average molecular weight is 419 g/mol. The smallest absolute Gasteiger partial charge is 0.187 e. The van der Waals surface area contributed by atoms with Gasteiger partial charge in [-0.15, -0.1) is 0 Å². The molecule has 30 heavy (non-hydrogen) atoms. The fourth-order valence-electron chi connectivity index (χ4n) is 6.65. The summed E-state index contributed by atoms with van der Waals surface area (Å²) in [4.78, 5) is 12.3. The third-order valence-corrected chi connectivity index (χ3v) is 8.24. The molecule has 2 unspecified atom stereocenters. The molecular formula is C26H42O4. The number of aliphatic hydroxyl groups excluding tert-OH is 2. The molecule has 4 nitrogen and oxygen atoms in total. The second kappa shape index (κ2) is 9.26. The Morgan fingerprint density at radius 2 is 1.97 bits per heavy atom. The van der Waals surface area contributed by atoms with Gasteiger partial charge in [0.2, 0.25) is 0 Å². The number of ketones is 1. The lowest BCUT2D eigenvalue weighted by molar-refractivity contribution is -0.127. The van der Waals surface area contributed by atoms with Crippen molar-refractivity contribution in [3.8, 4) is 0 Å². The van der Waals surface area contributed by atoms with Gasteiger partial charge in [0.1, 0.15) is 6.10 Å². The van der Waals surface area contributed by atoms with Crippen LogP contribution in [0.4, 0.5) is 0 Å². The topological polar surface area (TPSA) is 77.8 Å². The minimum Gasteiger partial charge on any atom is -0.393 e. The number of allylic oxidation sites excluding steroid dienone is 3. The fraction of sp³-hybridized carbons (Fsp3) is 0.808. The van der Waals surface area contributed by atoms with Crippen molar-refractivity contribution < 1.29 is 20.1 Å². The quantitative estimate of drug-likeness (QED) is 0.546. The maximum Gasteiger partial charge on any atom is 0.187 e. The molecule has 0 aliphatic heterocycles. The minimum atomic E-state index is -1.06. The lowest BCUT2D eigenvalue weighted by Crippen LogP contribution is -2.36. The van der Waals surface area contributed by atoms with Gasteiger partial charge in [0.15, 0.2) is 5.78 Å². The van der Waals surface area contributed by atoms with Crippen LogP contribution in [0.1, 0.15) is 91.9 Å². The van der Waals surface area contributed by atoms with E-state index in [1.54, 1.807) is 0 Å². The van der Waals surface area contributed by atoms with Gasteiger partial charge in [-0.2, -0.15) is 0 Å². The zero-order chi connectivity index (χ0) is 22.1. The minimum absolute atomic E-state index is 0.153. The van der Waals surface area contributed by atoms with Crippen molar-refractivity contribution in [3.63, 3.8) is 0 Å². The highest BCUT2D eigenvalue weighted by molar-refractivity contribution is 5.99. The first-order valence-electron chi connectivity index (χ1n) is 12.0. The van der Waals surface area contributed by atoms with Gasteiger partial charge in [-0.25, -0.2) is 0 Å². The lowest BCUT2D eigenvalue weighted by Gasteiger charge is -2.44. The second-order valence-corrected chi connectivity index (χ2v) is 11.2. The lowest BCUT2D eigenvalue weighted by atomic mass is 9.60. The Labute approximate surface area is 182 Å². The van der Waals surface area contributed by atoms with Crippen LogP contribution >= 0.6 is 0 Å². The van der Waals surface area contributed by atoms with Crippen LogP contribution < -0.4 is 0 Å². The Kier molecular flexibility index (Phi) is 7.31. The largest absolute Gasteiger partial charge is 0.393 e. The Morgan fingerprint density at radius 3 is 2.67 bits per heavy atom. The van der Waals surface area contributed by atoms with E-state index in [9.17, 15) is 20.1 Å². The Hall–Kier alpha value is -0.970. The first-order valence-corrected chi connectivity index (χ1v) is 12.0. The van der Waals surface area contributed by atoms with Crippen LogP contribution in [0.2, 0.25) is 0 Å². The van der Waals surface area contributed by atoms with E-state index in [-0.39, 0.29) is 12.2 Å². The summed E-state index contributed by atoms with van der Waals surface area (Å²) in [5, 5.41) is 29.8. The van der Waals surface area contributed by atoms with Crippen LogP contribution in [0, 0.1) is 23.2 Å². The van der Waals surface area contributed by atoms with Crippen molar-refractivity contribution in [3.05, 3.63) is 23.3 Å². The van der Waals surface area contributed by atoms with Crippen molar-refractivity contribution >= 4 is 5.78 Å². The molecule has 0 bridgehead atoms. The molecule has 3 aliphatic carbocycles. The monoisotopic (exact) mass is 418 g/mol. The van der Waals surface area contributed by atoms with Gasteiger partial charge in [0, 0.05) is 18.4 Å². The maximum absolute atomic E-state index is 12.3. The molecule has 0 aromatic rings. The third-order valence-electron chi connectivity index (χ3n) is 8.24. The summed E-state index contributed by atoms with van der Waals surface area (Å²) in [5.74, 6) is 1.71. The van der Waals surface area contributed by atoms with Crippen molar-refractivity contribution in [2.45, 2.75) is 110 Å². The van der Waals surface area contributed by atoms with Crippen LogP contribution in [-0.2, 0) is 4.79 Å². The molecule has 0 amide bonds. The van der Waals surface area contributed by atoms with Crippen molar-refractivity contribution in [1.82, 2.24) is 0 Å². The molecule has 3 fully saturated rings. The summed E-state index contributed by atoms with van der Waals surface area (Å²) >= 11 is 0. The summed E-state index contributed by atoms with van der Waals surface area (Å²) in [7, 11) is 0. The van der Waals surface area contributed by atoms with Crippen LogP contribution in [-0.4, -0.2) is 38.9 Å². The summed E-state index contributed by atoms with van der Waals surface area (Å²) in [6, 6.07) is 0. The molecule has 3 aliphatic rings. The average Bonchev–Trinajstić information content (AvgIpc) is 3.00. The highest BCUT2D eigenvalue weighted by Gasteiger charge is 2.50. The Morgan fingerprint density at radius 1 is 1.23 bits per heavy atom. The molecule has 3 rings (SSSR count). The van der Waals surface area contributed by atoms with E-state index in [0.717, 1.165) is 19.3 Å². The van der Waals surface area contributed by atoms with Gasteiger partial charge in [0.25, 0.3) is 0 Å². The van der Waals surface area contributed by atoms with Crippen molar-refractivity contribution in [2.75, 3.05) is 0 Å². The highest BCUT2D eigenvalue weighted by Crippen LogP contribution is 2.59. The first-order chi connectivity index (χ1) is 14.0. The van der Waals surface area contributed by atoms with E-state index < -0.39 is 17.8 Å². The van der Waals surface area contributed by atoms with Crippen LogP contribution in [0.15, 0.2) is 23.3 Å². The van der Waals surface area contributed by atoms with E-state index in [1.807, 2.05) is 19.9 Å². The Bertz CT molecular complexity index is 686. The highest BCUT2D eigenvalue weighted by atomic mass is 16.3. The Balaban J connectivity index is 1.70. The molecule has 4 heteroatoms. The number of hydrogen-bond acceptors (Lipinski definition) is 4. The van der Waals surface area contributed by atoms with Crippen molar-refractivity contribution in [1.29, 1.82) is 0 Å². The summed E-state index contributed by atoms with van der Waals surface area (Å²) < 4.78 is 0. The first kappa shape index (κ1) is 23.7. The predicted molar refractivity (Wildman–Crippen MR) is 120 cm³/mol. The summed E-state index contributed by atoms with van der Waals surface area (Å²) in [6.45, 7) is 8.66. The molecule has 0 radical (unpaired) electrons. The zero-order valence-corrected chi connectivity index (χ0v) is 19.4. The number of carbonyl (C=O) groups is 1. The maximum atomic E-state index is 12.3. The second-order valence-electron chi connectivity index (χ2n) is 11.2. The number of carbonyl (C=O) groups excluding carboxylic acids is 1. The predicted octanol–water partition coefficient (Wildman–Crippen LogP) is 4.72. The molecule has 3 saturated carbocycles. The normalized spacial score (nSPS) is 38.8.